The van der Waals surface area contributed by atoms with E-state index >= 15 is 0 Å². The first-order chi connectivity index (χ1) is 6.98. The lowest BCUT2D eigenvalue weighted by Gasteiger charge is -2.38. The smallest absolute Gasteiger partial charge is 0.158 e. The van der Waals surface area contributed by atoms with Crippen LogP contribution in [0.2, 0.25) is 0 Å². The molecule has 1 fully saturated rings. The van der Waals surface area contributed by atoms with E-state index in [0.717, 1.165) is 12.8 Å². The number of nitrogens with zero attached hydrogens (tertiary/aromatic N) is 1. The molecule has 3 nitrogen and oxygen atoms in total. The number of ether oxygens (including phenoxy) is 1. The SMILES string of the molecule is COCCC1(C#N)CCCC(C)(C)C1=O. The number of nitriles is 1. The molecule has 84 valence electrons. The molecule has 0 aromatic heterocycles. The maximum absolute atomic E-state index is 12.2. The average molecular weight is 209 g/mol. The minimum Gasteiger partial charge on any atom is -0.385 e. The normalized spacial score (nSPS) is 29.9. The maximum atomic E-state index is 12.2. The molecule has 1 saturated carbocycles. The minimum atomic E-state index is -0.794. The molecule has 1 rings (SSSR count). The second-order valence-corrected chi connectivity index (χ2v) is 5.00. The highest BCUT2D eigenvalue weighted by atomic mass is 16.5. The third kappa shape index (κ3) is 2.21. The summed E-state index contributed by atoms with van der Waals surface area (Å²) < 4.78 is 4.98. The first-order valence-corrected chi connectivity index (χ1v) is 5.44. The van der Waals surface area contributed by atoms with Crippen LogP contribution in [0.15, 0.2) is 0 Å². The zero-order chi connectivity index (χ0) is 11.5. The Morgan fingerprint density at radius 2 is 2.13 bits per heavy atom. The van der Waals surface area contributed by atoms with Crippen molar-refractivity contribution in [2.45, 2.75) is 39.5 Å². The molecule has 1 aliphatic rings. The molecular formula is C12H19NO2. The van der Waals surface area contributed by atoms with Crippen molar-refractivity contribution >= 4 is 5.78 Å². The highest BCUT2D eigenvalue weighted by molar-refractivity contribution is 5.92. The van der Waals surface area contributed by atoms with Gasteiger partial charge in [0.2, 0.25) is 0 Å². The number of hydrogen-bond acceptors (Lipinski definition) is 3. The summed E-state index contributed by atoms with van der Waals surface area (Å²) in [7, 11) is 1.60. The summed E-state index contributed by atoms with van der Waals surface area (Å²) in [6.45, 7) is 4.36. The summed E-state index contributed by atoms with van der Waals surface area (Å²) in [5.74, 6) is 0.0980. The van der Waals surface area contributed by atoms with Crippen molar-refractivity contribution in [3.05, 3.63) is 0 Å². The van der Waals surface area contributed by atoms with Crippen molar-refractivity contribution in [3.63, 3.8) is 0 Å². The predicted octanol–water partition coefficient (Wildman–Crippen LogP) is 2.31. The van der Waals surface area contributed by atoms with Gasteiger partial charge < -0.3 is 4.74 Å². The molecular weight excluding hydrogens is 190 g/mol. The van der Waals surface area contributed by atoms with Gasteiger partial charge in [0, 0.05) is 19.1 Å². The van der Waals surface area contributed by atoms with Crippen LogP contribution in [0, 0.1) is 22.2 Å². The van der Waals surface area contributed by atoms with Gasteiger partial charge in [-0.3, -0.25) is 4.79 Å². The van der Waals surface area contributed by atoms with E-state index in [0.29, 0.717) is 19.4 Å². The molecule has 0 heterocycles. The first-order valence-electron chi connectivity index (χ1n) is 5.44. The number of carbonyl (C=O) groups excluding carboxylic acids is 1. The summed E-state index contributed by atoms with van der Waals surface area (Å²) in [5.41, 5.74) is -1.14. The third-order valence-electron chi connectivity index (χ3n) is 3.40. The largest absolute Gasteiger partial charge is 0.385 e. The van der Waals surface area contributed by atoms with Gasteiger partial charge in [0.1, 0.15) is 5.41 Å². The average Bonchev–Trinajstić information content (AvgIpc) is 2.21. The molecule has 0 radical (unpaired) electrons. The lowest BCUT2D eigenvalue weighted by molar-refractivity contribution is -0.139. The fraction of sp³-hybridized carbons (Fsp3) is 0.833. The van der Waals surface area contributed by atoms with E-state index in [4.69, 9.17) is 4.74 Å². The lowest BCUT2D eigenvalue weighted by Crippen LogP contribution is -2.44. The summed E-state index contributed by atoms with van der Waals surface area (Å²) >= 11 is 0. The summed E-state index contributed by atoms with van der Waals surface area (Å²) in [5, 5.41) is 9.24. The van der Waals surface area contributed by atoms with Crippen LogP contribution in [0.1, 0.15) is 39.5 Å². The highest BCUT2D eigenvalue weighted by Crippen LogP contribution is 2.44. The van der Waals surface area contributed by atoms with Crippen LogP contribution in [0.4, 0.5) is 0 Å². The van der Waals surface area contributed by atoms with Crippen molar-refractivity contribution in [2.75, 3.05) is 13.7 Å². The van der Waals surface area contributed by atoms with E-state index in [1.165, 1.54) is 0 Å². The van der Waals surface area contributed by atoms with Crippen LogP contribution in [-0.2, 0) is 9.53 Å². The van der Waals surface area contributed by atoms with Gasteiger partial charge in [-0.1, -0.05) is 20.3 Å². The zero-order valence-electron chi connectivity index (χ0n) is 9.80. The van der Waals surface area contributed by atoms with Gasteiger partial charge in [0.25, 0.3) is 0 Å². The van der Waals surface area contributed by atoms with E-state index < -0.39 is 5.41 Å². The molecule has 0 aliphatic heterocycles. The molecule has 0 aromatic rings. The number of rotatable bonds is 3. The molecule has 1 atom stereocenters. The van der Waals surface area contributed by atoms with Crippen LogP contribution in [0.3, 0.4) is 0 Å². The van der Waals surface area contributed by atoms with E-state index in [1.54, 1.807) is 7.11 Å². The highest BCUT2D eigenvalue weighted by Gasteiger charge is 2.48. The van der Waals surface area contributed by atoms with Crippen LogP contribution >= 0.6 is 0 Å². The van der Waals surface area contributed by atoms with E-state index in [2.05, 4.69) is 6.07 Å². The molecule has 15 heavy (non-hydrogen) atoms. The number of hydrogen-bond donors (Lipinski definition) is 0. The molecule has 0 spiro atoms. The van der Waals surface area contributed by atoms with E-state index in [9.17, 15) is 10.1 Å². The molecule has 1 unspecified atom stereocenters. The van der Waals surface area contributed by atoms with Crippen molar-refractivity contribution in [1.82, 2.24) is 0 Å². The topological polar surface area (TPSA) is 50.1 Å². The molecule has 1 aliphatic carbocycles. The molecule has 0 amide bonds. The van der Waals surface area contributed by atoms with Crippen LogP contribution < -0.4 is 0 Å². The molecule has 3 heteroatoms. The Kier molecular flexibility index (Phi) is 3.51. The Morgan fingerprint density at radius 1 is 1.47 bits per heavy atom. The minimum absolute atomic E-state index is 0.0980. The van der Waals surface area contributed by atoms with Gasteiger partial charge >= 0.3 is 0 Å². The van der Waals surface area contributed by atoms with Gasteiger partial charge in [0.05, 0.1) is 6.07 Å². The van der Waals surface area contributed by atoms with Gasteiger partial charge in [0.15, 0.2) is 5.78 Å². The van der Waals surface area contributed by atoms with Crippen molar-refractivity contribution < 1.29 is 9.53 Å². The van der Waals surface area contributed by atoms with Gasteiger partial charge in [-0.05, 0) is 19.3 Å². The Labute approximate surface area is 91.4 Å². The van der Waals surface area contributed by atoms with E-state index in [-0.39, 0.29) is 11.2 Å². The Bertz CT molecular complexity index is 290. The fourth-order valence-corrected chi connectivity index (χ4v) is 2.38. The predicted molar refractivity (Wildman–Crippen MR) is 57.2 cm³/mol. The van der Waals surface area contributed by atoms with Crippen LogP contribution in [0.25, 0.3) is 0 Å². The molecule has 0 saturated heterocycles. The number of Topliss-reactive ketones (excluding diaryl/α,β-unsaturated/α-hetero) is 1. The Morgan fingerprint density at radius 3 is 2.67 bits per heavy atom. The molecule has 0 N–H and O–H groups in total. The summed E-state index contributed by atoms with van der Waals surface area (Å²) in [6.07, 6.45) is 3.07. The van der Waals surface area contributed by atoms with E-state index in [1.807, 2.05) is 13.8 Å². The number of methoxy groups -OCH3 is 1. The third-order valence-corrected chi connectivity index (χ3v) is 3.40. The molecule has 0 aromatic carbocycles. The standard InChI is InChI=1S/C12H19NO2/c1-11(2)5-4-6-12(9-13,10(11)14)7-8-15-3/h4-8H2,1-3H3. The van der Waals surface area contributed by atoms with Crippen LogP contribution in [-0.4, -0.2) is 19.5 Å². The van der Waals surface area contributed by atoms with Crippen LogP contribution in [0.5, 0.6) is 0 Å². The monoisotopic (exact) mass is 209 g/mol. The van der Waals surface area contributed by atoms with Gasteiger partial charge in [-0.2, -0.15) is 5.26 Å². The van der Waals surface area contributed by atoms with Crippen molar-refractivity contribution in [3.8, 4) is 6.07 Å². The van der Waals surface area contributed by atoms with Crippen molar-refractivity contribution in [2.24, 2.45) is 10.8 Å². The first kappa shape index (κ1) is 12.2. The second-order valence-electron chi connectivity index (χ2n) is 5.00. The molecule has 0 bridgehead atoms. The zero-order valence-corrected chi connectivity index (χ0v) is 9.80. The lowest BCUT2D eigenvalue weighted by atomic mass is 9.62. The van der Waals surface area contributed by atoms with Gasteiger partial charge in [-0.15, -0.1) is 0 Å². The fourth-order valence-electron chi connectivity index (χ4n) is 2.38. The number of carbonyl (C=O) groups is 1. The maximum Gasteiger partial charge on any atom is 0.158 e. The Balaban J connectivity index is 2.89. The van der Waals surface area contributed by atoms with Crippen molar-refractivity contribution in [1.29, 1.82) is 5.26 Å². The Hall–Kier alpha value is -0.880. The number of ketones is 1. The summed E-state index contributed by atoms with van der Waals surface area (Å²) in [6, 6.07) is 2.23. The van der Waals surface area contributed by atoms with Gasteiger partial charge in [-0.25, -0.2) is 0 Å². The summed E-state index contributed by atoms with van der Waals surface area (Å²) in [4.78, 5) is 12.2. The second kappa shape index (κ2) is 4.32. The quantitative estimate of drug-likeness (QED) is 0.716.